The topological polar surface area (TPSA) is 82.8 Å². The third-order valence-electron chi connectivity index (χ3n) is 4.95. The maximum Gasteiger partial charge on any atom is 0.339 e. The van der Waals surface area contributed by atoms with Gasteiger partial charge < -0.3 is 4.74 Å². The molecular weight excluding hydrogens is 378 g/mol. The number of unbranched alkanes of at least 4 members (excludes halogenated alkanes) is 1. The van der Waals surface area contributed by atoms with Gasteiger partial charge in [-0.1, -0.05) is 61.4 Å². The van der Waals surface area contributed by atoms with Crippen LogP contribution in [0.2, 0.25) is 0 Å². The Kier molecular flexibility index (Phi) is 5.79. The molecule has 4 aromatic rings. The number of benzene rings is 2. The summed E-state index contributed by atoms with van der Waals surface area (Å²) < 4.78 is 7.26. The van der Waals surface area contributed by atoms with Crippen molar-refractivity contribution in [2.75, 3.05) is 0 Å². The van der Waals surface area contributed by atoms with Crippen LogP contribution in [0.4, 0.5) is 0 Å². The van der Waals surface area contributed by atoms with E-state index < -0.39 is 5.97 Å². The highest BCUT2D eigenvalue weighted by Gasteiger charge is 2.17. The van der Waals surface area contributed by atoms with Gasteiger partial charge in [-0.3, -0.25) is 0 Å². The van der Waals surface area contributed by atoms with Gasteiger partial charge in [0.2, 0.25) is 0 Å². The van der Waals surface area contributed by atoms with Crippen LogP contribution in [0.1, 0.15) is 41.5 Å². The quantitative estimate of drug-likeness (QED) is 0.428. The molecule has 2 aromatic heterocycles. The Morgan fingerprint density at radius 2 is 1.90 bits per heavy atom. The minimum Gasteiger partial charge on any atom is -0.454 e. The summed E-state index contributed by atoms with van der Waals surface area (Å²) in [5.41, 5.74) is 4.07. The van der Waals surface area contributed by atoms with E-state index in [1.54, 1.807) is 10.7 Å². The molecule has 0 aliphatic carbocycles. The summed E-state index contributed by atoms with van der Waals surface area (Å²) in [4.78, 5) is 17.7. The van der Waals surface area contributed by atoms with Gasteiger partial charge in [-0.05, 0) is 35.9 Å². The van der Waals surface area contributed by atoms with E-state index in [9.17, 15) is 4.79 Å². The van der Waals surface area contributed by atoms with E-state index in [0.29, 0.717) is 17.9 Å². The molecule has 0 unspecified atom stereocenters. The Morgan fingerprint density at radius 3 is 2.70 bits per heavy atom. The van der Waals surface area contributed by atoms with Crippen LogP contribution in [-0.2, 0) is 17.9 Å². The second-order valence-corrected chi connectivity index (χ2v) is 7.19. The Hall–Kier alpha value is -3.61. The first-order valence-corrected chi connectivity index (χ1v) is 10.0. The molecule has 0 aliphatic heterocycles. The molecule has 4 rings (SSSR count). The standard InChI is InChI=1S/C23H23N5O2/c1-3-4-13-28-22(25-26-27-28)15-30-23(29)19-14-21(17-11-9-16(2)10-12-17)24-20-8-6-5-7-18(19)20/h5-12,14H,3-4,13,15H2,1-2H3. The van der Waals surface area contributed by atoms with Crippen molar-refractivity contribution in [2.24, 2.45) is 0 Å². The summed E-state index contributed by atoms with van der Waals surface area (Å²) in [7, 11) is 0. The molecular formula is C23H23N5O2. The number of carbonyl (C=O) groups excluding carboxylic acids is 1. The fourth-order valence-electron chi connectivity index (χ4n) is 3.23. The maximum atomic E-state index is 13.0. The normalized spacial score (nSPS) is 11.0. The summed E-state index contributed by atoms with van der Waals surface area (Å²) in [5, 5.41) is 12.4. The number of carbonyl (C=O) groups is 1. The predicted octanol–water partition coefficient (Wildman–Crippen LogP) is 4.35. The predicted molar refractivity (Wildman–Crippen MR) is 114 cm³/mol. The molecule has 7 nitrogen and oxygen atoms in total. The first kappa shape index (κ1) is 19.7. The molecule has 0 amide bonds. The molecule has 0 fully saturated rings. The highest BCUT2D eigenvalue weighted by Crippen LogP contribution is 2.26. The smallest absolute Gasteiger partial charge is 0.339 e. The van der Waals surface area contributed by atoms with Crippen LogP contribution >= 0.6 is 0 Å². The average molecular weight is 401 g/mol. The van der Waals surface area contributed by atoms with Gasteiger partial charge in [-0.25, -0.2) is 14.5 Å². The molecule has 0 radical (unpaired) electrons. The van der Waals surface area contributed by atoms with Gasteiger partial charge in [0.25, 0.3) is 0 Å². The van der Waals surface area contributed by atoms with E-state index >= 15 is 0 Å². The lowest BCUT2D eigenvalue weighted by molar-refractivity contribution is 0.0458. The van der Waals surface area contributed by atoms with E-state index in [2.05, 4.69) is 22.4 Å². The lowest BCUT2D eigenvalue weighted by Gasteiger charge is -2.10. The van der Waals surface area contributed by atoms with Crippen molar-refractivity contribution in [3.8, 4) is 11.3 Å². The van der Waals surface area contributed by atoms with Gasteiger partial charge in [-0.2, -0.15) is 0 Å². The van der Waals surface area contributed by atoms with Crippen LogP contribution in [0.3, 0.4) is 0 Å². The average Bonchev–Trinajstić information content (AvgIpc) is 3.23. The summed E-state index contributed by atoms with van der Waals surface area (Å²) >= 11 is 0. The van der Waals surface area contributed by atoms with Crippen LogP contribution in [0.5, 0.6) is 0 Å². The molecule has 152 valence electrons. The number of hydrogen-bond acceptors (Lipinski definition) is 6. The van der Waals surface area contributed by atoms with Crippen molar-refractivity contribution in [1.29, 1.82) is 0 Å². The van der Waals surface area contributed by atoms with Gasteiger partial charge in [-0.15, -0.1) is 5.10 Å². The third kappa shape index (κ3) is 4.20. The molecule has 30 heavy (non-hydrogen) atoms. The summed E-state index contributed by atoms with van der Waals surface area (Å²) in [5.74, 6) is 0.112. The van der Waals surface area contributed by atoms with Gasteiger partial charge in [0.05, 0.1) is 16.8 Å². The summed E-state index contributed by atoms with van der Waals surface area (Å²) in [6, 6.07) is 17.4. The molecule has 0 bridgehead atoms. The molecule has 0 aliphatic rings. The Labute approximate surface area is 174 Å². The monoisotopic (exact) mass is 401 g/mol. The minimum atomic E-state index is -0.424. The first-order chi connectivity index (χ1) is 14.7. The number of tetrazole rings is 1. The van der Waals surface area contributed by atoms with Crippen LogP contribution in [0, 0.1) is 6.92 Å². The largest absolute Gasteiger partial charge is 0.454 e. The zero-order valence-corrected chi connectivity index (χ0v) is 17.1. The lowest BCUT2D eigenvalue weighted by atomic mass is 10.0. The van der Waals surface area contributed by atoms with Crippen molar-refractivity contribution in [2.45, 2.75) is 39.8 Å². The number of para-hydroxylation sites is 1. The van der Waals surface area contributed by atoms with Crippen molar-refractivity contribution in [3.63, 3.8) is 0 Å². The van der Waals surface area contributed by atoms with Gasteiger partial charge in [0, 0.05) is 17.5 Å². The molecule has 0 saturated heterocycles. The number of pyridine rings is 1. The Morgan fingerprint density at radius 1 is 1.10 bits per heavy atom. The van der Waals surface area contributed by atoms with E-state index in [0.717, 1.165) is 35.0 Å². The third-order valence-corrected chi connectivity index (χ3v) is 4.95. The van der Waals surface area contributed by atoms with Crippen LogP contribution in [-0.4, -0.2) is 31.2 Å². The second kappa shape index (κ2) is 8.82. The molecule has 2 heterocycles. The van der Waals surface area contributed by atoms with Crippen LogP contribution in [0.25, 0.3) is 22.2 Å². The lowest BCUT2D eigenvalue weighted by Crippen LogP contribution is -2.12. The zero-order chi connectivity index (χ0) is 20.9. The number of fused-ring (bicyclic) bond motifs is 1. The van der Waals surface area contributed by atoms with Crippen LogP contribution in [0.15, 0.2) is 54.6 Å². The summed E-state index contributed by atoms with van der Waals surface area (Å²) in [6.45, 7) is 4.86. The zero-order valence-electron chi connectivity index (χ0n) is 17.1. The number of ether oxygens (including phenoxy) is 1. The van der Waals surface area contributed by atoms with Crippen LogP contribution < -0.4 is 0 Å². The number of nitrogens with zero attached hydrogens (tertiary/aromatic N) is 5. The van der Waals surface area contributed by atoms with E-state index in [1.165, 1.54) is 5.56 Å². The Bertz CT molecular complexity index is 1170. The summed E-state index contributed by atoms with van der Waals surface area (Å²) in [6.07, 6.45) is 1.99. The molecule has 7 heteroatoms. The van der Waals surface area contributed by atoms with E-state index in [-0.39, 0.29) is 6.61 Å². The number of esters is 1. The van der Waals surface area contributed by atoms with Crippen molar-refractivity contribution < 1.29 is 9.53 Å². The number of aryl methyl sites for hydroxylation is 2. The van der Waals surface area contributed by atoms with Gasteiger partial charge >= 0.3 is 5.97 Å². The SMILES string of the molecule is CCCCn1nnnc1COC(=O)c1cc(-c2ccc(C)cc2)nc2ccccc12. The highest BCUT2D eigenvalue weighted by molar-refractivity contribution is 6.04. The number of hydrogen-bond donors (Lipinski definition) is 0. The van der Waals surface area contributed by atoms with Crippen molar-refractivity contribution >= 4 is 16.9 Å². The number of aromatic nitrogens is 5. The second-order valence-electron chi connectivity index (χ2n) is 7.19. The molecule has 2 aromatic carbocycles. The Balaban J connectivity index is 1.63. The van der Waals surface area contributed by atoms with Crippen molar-refractivity contribution in [3.05, 3.63) is 71.5 Å². The molecule has 0 spiro atoms. The fraction of sp³-hybridized carbons (Fsp3) is 0.261. The van der Waals surface area contributed by atoms with Gasteiger partial charge in [0.1, 0.15) is 0 Å². The van der Waals surface area contributed by atoms with E-state index in [4.69, 9.17) is 9.72 Å². The minimum absolute atomic E-state index is 0.0199. The molecule has 0 atom stereocenters. The van der Waals surface area contributed by atoms with E-state index in [1.807, 2.05) is 55.5 Å². The first-order valence-electron chi connectivity index (χ1n) is 10.0. The maximum absolute atomic E-state index is 13.0. The van der Waals surface area contributed by atoms with Crippen molar-refractivity contribution in [1.82, 2.24) is 25.2 Å². The van der Waals surface area contributed by atoms with Gasteiger partial charge in [0.15, 0.2) is 12.4 Å². The fourth-order valence-corrected chi connectivity index (χ4v) is 3.23. The molecule has 0 saturated carbocycles. The highest BCUT2D eigenvalue weighted by atomic mass is 16.5. The molecule has 0 N–H and O–H groups in total. The number of rotatable bonds is 7.